The quantitative estimate of drug-likeness (QED) is 0.203. The van der Waals surface area contributed by atoms with E-state index in [0.717, 1.165) is 0 Å². The van der Waals surface area contributed by atoms with E-state index in [-0.39, 0.29) is 375 Å². The van der Waals surface area contributed by atoms with Gasteiger partial charge in [-0.15, -0.1) is 0 Å². The molecule has 8 N–H and O–H groups in total. The molecule has 0 fully saturated rings. The molecule has 0 aliphatic rings. The molecule has 5 radical (unpaired) electrons. The zero-order valence-electron chi connectivity index (χ0n) is 28.8. The van der Waals surface area contributed by atoms with Crippen molar-refractivity contribution in [3.63, 3.8) is 0 Å². The first-order valence-electron chi connectivity index (χ1n) is 4.90. The molecular weight excluding hydrogens is 1400 g/mol. The van der Waals surface area contributed by atoms with Gasteiger partial charge in [0.15, 0.2) is 0 Å². The van der Waals surface area contributed by atoms with Crippen molar-refractivity contribution in [1.29, 1.82) is 0 Å². The van der Waals surface area contributed by atoms with Gasteiger partial charge in [0.2, 0.25) is 0 Å². The van der Waals surface area contributed by atoms with Crippen LogP contribution in [0.4, 0.5) is 0 Å². The molecular formula is H8Al5Fe5Mg5O40Si8. The molecule has 0 bridgehead atoms. The molecule has 0 aromatic heterocycles. The summed E-state index contributed by atoms with van der Waals surface area (Å²) in [5.74, 6) is 0. The second kappa shape index (κ2) is 344. The molecule has 0 rings (SSSR count). The van der Waals surface area contributed by atoms with E-state index in [9.17, 15) is 0 Å². The molecule has 0 aromatic rings. The van der Waals surface area contributed by atoms with Gasteiger partial charge in [-0.1, -0.05) is 0 Å². The van der Waals surface area contributed by atoms with Gasteiger partial charge >= 0.3 is 287 Å². The maximum atomic E-state index is 8.52. The van der Waals surface area contributed by atoms with Crippen LogP contribution in [0, 0.1) is 0 Å². The molecule has 40 nitrogen and oxygen atoms in total. The molecule has 0 aliphatic heterocycles. The predicted octanol–water partition coefficient (Wildman–Crippen LogP) is -29.2. The fraction of sp³-hybridized carbons (Fsp3) is 0. The second-order valence-corrected chi connectivity index (χ2v) is 6.00. The third kappa shape index (κ3) is 9930. The van der Waals surface area contributed by atoms with Crippen molar-refractivity contribution in [2.24, 2.45) is 0 Å². The van der Waals surface area contributed by atoms with E-state index in [0.29, 0.717) is 0 Å². The molecule has 0 unspecified atom stereocenters. The molecule has 0 amide bonds. The van der Waals surface area contributed by atoms with Gasteiger partial charge in [0.05, 0.1) is 0 Å². The summed E-state index contributed by atoms with van der Waals surface area (Å²) in [6.45, 7) is 0. The summed E-state index contributed by atoms with van der Waals surface area (Å²) in [5.41, 5.74) is 0. The molecule has 63 heavy (non-hydrogen) atoms. The van der Waals surface area contributed by atoms with Crippen LogP contribution < -0.4 is 76.7 Å². The standard InChI is InChI=1S/5Al.5Fe.5Mg.8O3Si.8H2O.8O/c;;;;;;;;;;;;;;;8*1-4(2)3;;;;;;;;;;;;;;;;/h;;;;;;;;;;;;;;;;;;;;;;;8*1H2;;;;;;;;/q10*+3;5*+2;8*-2;;;;;;;;;8*-2/p-8. The minimum Gasteiger partial charge on any atom is -2.00 e. The largest absolute Gasteiger partial charge is 3.00 e. The summed E-state index contributed by atoms with van der Waals surface area (Å²) in [6.07, 6.45) is 0. The molecule has 345 valence electrons. The van der Waals surface area contributed by atoms with Crippen molar-refractivity contribution in [3.05, 3.63) is 0 Å². The summed E-state index contributed by atoms with van der Waals surface area (Å²) in [4.78, 5) is 136. The van der Waals surface area contributed by atoms with E-state index < -0.39 is 73.4 Å². The van der Waals surface area contributed by atoms with Crippen LogP contribution in [0.1, 0.15) is 0 Å². The van der Waals surface area contributed by atoms with Crippen LogP contribution in [0.25, 0.3) is 0 Å². The minimum atomic E-state index is -3.63. The number of hydrogen-bond acceptors (Lipinski definition) is 32. The summed E-state index contributed by atoms with van der Waals surface area (Å²) < 4.78 is 68.1. The Kier molecular flexibility index (Phi) is 1960. The maximum Gasteiger partial charge on any atom is 3.00 e. The molecule has 0 saturated carbocycles. The van der Waals surface area contributed by atoms with Crippen molar-refractivity contribution >= 4 is 275 Å². The smallest absolute Gasteiger partial charge is 2.00 e. The Morgan fingerprint density at radius 3 is 0.175 bits per heavy atom. The fourth-order valence-corrected chi connectivity index (χ4v) is 0. The molecule has 0 saturated heterocycles. The Balaban J connectivity index is -0.00000000264. The summed E-state index contributed by atoms with van der Waals surface area (Å²) in [5, 5.41) is 0. The summed E-state index contributed by atoms with van der Waals surface area (Å²) in [7, 11) is -29.0. The second-order valence-electron chi connectivity index (χ2n) is 2.00. The Morgan fingerprint density at radius 1 is 0.175 bits per heavy atom. The van der Waals surface area contributed by atoms with Crippen LogP contribution in [0.3, 0.4) is 0 Å². The van der Waals surface area contributed by atoms with Gasteiger partial charge in [-0.3, -0.25) is 0 Å². The first-order valence-corrected chi connectivity index (χ1v) is 14.7. The Labute approximate surface area is 552 Å². The molecule has 0 aromatic carbocycles. The number of rotatable bonds is 0. The van der Waals surface area contributed by atoms with Crippen molar-refractivity contribution < 1.29 is 285 Å². The number of hydrogen-bond donors (Lipinski definition) is 0. The molecule has 63 heteroatoms. The molecule has 0 atom stereocenters. The van der Waals surface area contributed by atoms with Crippen molar-refractivity contribution in [3.8, 4) is 0 Å². The zero-order valence-corrected chi connectivity index (χ0v) is 55.2. The van der Waals surface area contributed by atoms with E-state index >= 15 is 0 Å². The fourth-order valence-electron chi connectivity index (χ4n) is 0. The van der Waals surface area contributed by atoms with E-state index in [1.54, 1.807) is 0 Å². The first-order chi connectivity index (χ1) is 13.9. The van der Waals surface area contributed by atoms with E-state index in [1.165, 1.54) is 0 Å². The third-order valence-electron chi connectivity index (χ3n) is 0. The monoisotopic (exact) mass is 1410 g/mol. The van der Waals surface area contributed by atoms with E-state index in [1.807, 2.05) is 0 Å². The van der Waals surface area contributed by atoms with Gasteiger partial charge in [0.25, 0.3) is 0 Å². The maximum absolute atomic E-state index is 8.52. The zero-order chi connectivity index (χ0) is 28.6. The molecule has 0 heterocycles. The van der Waals surface area contributed by atoms with Crippen molar-refractivity contribution in [2.75, 3.05) is 0 Å². The van der Waals surface area contributed by atoms with Gasteiger partial charge < -0.3 is 200 Å². The van der Waals surface area contributed by atoms with Gasteiger partial charge in [-0.25, -0.2) is 0 Å². The SMILES string of the molecule is O=[Si]([O-])[O-].O=[Si]([O-])[O-].O=[Si]([O-])[O-].O=[Si]([O-])[O-].O=[Si]([O-])[O-].O=[Si]([O-])[O-].O=[Si]([O-])[O-].O=[Si]([O-])[O-].[Al+3].[Al+3].[Al+3].[Al+3].[Al+3].[Fe+3].[Fe+3].[Fe+3].[Fe+3].[Fe+3].[Mg+2].[Mg+2].[Mg+2].[Mg+2].[Mg+2].[O-2].[O-2].[O-2].[O-2].[O-2].[O-2].[O-2].[O-2].[OH-].[OH-].[OH-].[OH-].[OH-].[OH-].[OH-].[OH-]. The van der Waals surface area contributed by atoms with Crippen LogP contribution in [0.5, 0.6) is 0 Å². The predicted molar refractivity (Wildman–Crippen MR) is 130 cm³/mol. The summed E-state index contributed by atoms with van der Waals surface area (Å²) in [6, 6.07) is 0. The van der Waals surface area contributed by atoms with Crippen LogP contribution >= 0.6 is 0 Å². The third-order valence-corrected chi connectivity index (χ3v) is 0. The molecule has 0 aliphatic carbocycles. The van der Waals surface area contributed by atoms with E-state index in [2.05, 4.69) is 0 Å². The van der Waals surface area contributed by atoms with Crippen molar-refractivity contribution in [2.45, 2.75) is 0 Å². The first kappa shape index (κ1) is 360. The van der Waals surface area contributed by atoms with Gasteiger partial charge in [0.1, 0.15) is 0 Å². The minimum absolute atomic E-state index is 0. The topological polar surface area (TPSA) is 974 Å². The Bertz CT molecular complexity index is 433. The van der Waals surface area contributed by atoms with Crippen LogP contribution in [0.2, 0.25) is 0 Å². The van der Waals surface area contributed by atoms with Gasteiger partial charge in [0, 0.05) is 73.4 Å². The summed E-state index contributed by atoms with van der Waals surface area (Å²) >= 11 is 0. The Hall–Kier alpha value is 5.39. The average molecular weight is 1410 g/mol. The van der Waals surface area contributed by atoms with Gasteiger partial charge in [-0.2, -0.15) is 0 Å². The average Bonchev–Trinajstić information content (AvgIpc) is 2.30. The Morgan fingerprint density at radius 2 is 0.175 bits per heavy atom. The van der Waals surface area contributed by atoms with E-state index in [4.69, 9.17) is 112 Å². The van der Waals surface area contributed by atoms with Crippen LogP contribution in [0.15, 0.2) is 0 Å². The van der Waals surface area contributed by atoms with Crippen LogP contribution in [-0.4, -0.2) is 319 Å². The van der Waals surface area contributed by atoms with Gasteiger partial charge in [-0.05, 0) is 0 Å². The molecule has 0 spiro atoms. The van der Waals surface area contributed by atoms with Crippen molar-refractivity contribution in [1.82, 2.24) is 0 Å². The normalized spacial score (nSPS) is 3.05. The van der Waals surface area contributed by atoms with Crippen LogP contribution in [-0.2, 0) is 165 Å².